The van der Waals surface area contributed by atoms with Crippen LogP contribution in [-0.2, 0) is 25.7 Å². The fraction of sp³-hybridized carbons (Fsp3) is 0.654. The van der Waals surface area contributed by atoms with Crippen LogP contribution in [0.5, 0.6) is 0 Å². The molecule has 2 rings (SSSR count). The van der Waals surface area contributed by atoms with Crippen molar-refractivity contribution in [2.75, 3.05) is 19.6 Å². The molecule has 3 N–H and O–H groups in total. The summed E-state index contributed by atoms with van der Waals surface area (Å²) in [6.45, 7) is 9.93. The van der Waals surface area contributed by atoms with Crippen molar-refractivity contribution < 1.29 is 29.0 Å². The molecule has 0 saturated carbocycles. The lowest BCUT2D eigenvalue weighted by Gasteiger charge is -2.27. The van der Waals surface area contributed by atoms with E-state index in [4.69, 9.17) is 9.47 Å². The molecule has 0 aliphatic carbocycles. The number of esters is 1. The Labute approximate surface area is 208 Å². The van der Waals surface area contributed by atoms with Crippen LogP contribution in [0.15, 0.2) is 30.3 Å². The zero-order chi connectivity index (χ0) is 26.0. The van der Waals surface area contributed by atoms with Gasteiger partial charge in [-0.2, -0.15) is 0 Å². The van der Waals surface area contributed by atoms with Crippen molar-refractivity contribution in [2.45, 2.75) is 84.3 Å². The van der Waals surface area contributed by atoms with Crippen LogP contribution < -0.4 is 10.6 Å². The molecular formula is C26H41N3O6. The Kier molecular flexibility index (Phi) is 11.0. The second-order valence-electron chi connectivity index (χ2n) is 10.5. The number of hydrogen-bond donors (Lipinski definition) is 3. The van der Waals surface area contributed by atoms with Crippen molar-refractivity contribution in [2.24, 2.45) is 5.92 Å². The molecular weight excluding hydrogens is 450 g/mol. The van der Waals surface area contributed by atoms with Crippen LogP contribution >= 0.6 is 0 Å². The van der Waals surface area contributed by atoms with E-state index in [2.05, 4.69) is 10.6 Å². The zero-order valence-corrected chi connectivity index (χ0v) is 21.6. The SMILES string of the molecule is CC(C)C[C@H](NCC(=O)OC(C)(C)C)C(=O)NC1CCCN(C(=O)OCc2ccccc2)CC1O. The van der Waals surface area contributed by atoms with E-state index in [-0.39, 0.29) is 31.5 Å². The molecule has 1 fully saturated rings. The lowest BCUT2D eigenvalue weighted by atomic mass is 10.0. The Morgan fingerprint density at radius 1 is 1.17 bits per heavy atom. The fourth-order valence-electron chi connectivity index (χ4n) is 3.91. The van der Waals surface area contributed by atoms with E-state index in [0.29, 0.717) is 25.8 Å². The van der Waals surface area contributed by atoms with Gasteiger partial charge in [0, 0.05) is 6.54 Å². The molecule has 3 atom stereocenters. The highest BCUT2D eigenvalue weighted by Crippen LogP contribution is 2.15. The molecule has 35 heavy (non-hydrogen) atoms. The number of benzene rings is 1. The van der Waals surface area contributed by atoms with Gasteiger partial charge in [0.2, 0.25) is 5.91 Å². The quantitative estimate of drug-likeness (QED) is 0.455. The maximum Gasteiger partial charge on any atom is 0.410 e. The molecule has 0 bridgehead atoms. The third-order valence-electron chi connectivity index (χ3n) is 5.54. The first-order valence-corrected chi connectivity index (χ1v) is 12.3. The summed E-state index contributed by atoms with van der Waals surface area (Å²) in [5.41, 5.74) is 0.282. The highest BCUT2D eigenvalue weighted by Gasteiger charge is 2.32. The van der Waals surface area contributed by atoms with Gasteiger partial charge in [0.25, 0.3) is 0 Å². The minimum absolute atomic E-state index is 0.0682. The lowest BCUT2D eigenvalue weighted by Crippen LogP contribution is -2.53. The highest BCUT2D eigenvalue weighted by molar-refractivity contribution is 5.83. The van der Waals surface area contributed by atoms with Gasteiger partial charge in [-0.15, -0.1) is 0 Å². The molecule has 1 heterocycles. The smallest absolute Gasteiger partial charge is 0.410 e. The molecule has 0 radical (unpaired) electrons. The van der Waals surface area contributed by atoms with E-state index in [1.807, 2.05) is 44.2 Å². The summed E-state index contributed by atoms with van der Waals surface area (Å²) in [7, 11) is 0. The second kappa shape index (κ2) is 13.4. The van der Waals surface area contributed by atoms with Crippen LogP contribution in [0.4, 0.5) is 4.79 Å². The summed E-state index contributed by atoms with van der Waals surface area (Å²) in [6.07, 6.45) is 0.237. The number of carbonyl (C=O) groups excluding carboxylic acids is 3. The van der Waals surface area contributed by atoms with E-state index in [1.165, 1.54) is 4.90 Å². The Hall–Kier alpha value is -2.65. The number of β-amino-alcohol motifs (C(OH)–C–C–N with tert-alkyl or cyclic N) is 1. The zero-order valence-electron chi connectivity index (χ0n) is 21.6. The van der Waals surface area contributed by atoms with Crippen LogP contribution in [0.3, 0.4) is 0 Å². The Morgan fingerprint density at radius 3 is 2.49 bits per heavy atom. The van der Waals surface area contributed by atoms with Gasteiger partial charge in [0.1, 0.15) is 12.2 Å². The highest BCUT2D eigenvalue weighted by atomic mass is 16.6. The van der Waals surface area contributed by atoms with Gasteiger partial charge in [0.05, 0.1) is 31.3 Å². The number of rotatable bonds is 9. The molecule has 2 unspecified atom stereocenters. The van der Waals surface area contributed by atoms with Crippen LogP contribution in [0.1, 0.15) is 59.4 Å². The monoisotopic (exact) mass is 491 g/mol. The summed E-state index contributed by atoms with van der Waals surface area (Å²) >= 11 is 0. The number of likely N-dealkylation sites (tertiary alicyclic amines) is 1. The summed E-state index contributed by atoms with van der Waals surface area (Å²) < 4.78 is 10.7. The van der Waals surface area contributed by atoms with Gasteiger partial charge in [-0.05, 0) is 51.5 Å². The molecule has 9 nitrogen and oxygen atoms in total. The van der Waals surface area contributed by atoms with E-state index in [1.54, 1.807) is 20.8 Å². The van der Waals surface area contributed by atoms with Gasteiger partial charge in [-0.3, -0.25) is 14.9 Å². The van der Waals surface area contributed by atoms with Crippen LogP contribution in [0, 0.1) is 5.92 Å². The van der Waals surface area contributed by atoms with Gasteiger partial charge >= 0.3 is 12.1 Å². The molecule has 0 aromatic heterocycles. The summed E-state index contributed by atoms with van der Waals surface area (Å²) in [5, 5.41) is 16.7. The molecule has 9 heteroatoms. The number of nitrogens with one attached hydrogen (secondary N) is 2. The minimum atomic E-state index is -0.934. The molecule has 1 aliphatic heterocycles. The molecule has 1 saturated heterocycles. The van der Waals surface area contributed by atoms with Crippen molar-refractivity contribution in [3.05, 3.63) is 35.9 Å². The normalized spacial score (nSPS) is 19.6. The van der Waals surface area contributed by atoms with E-state index < -0.39 is 35.9 Å². The number of aliphatic hydroxyl groups excluding tert-OH is 1. The Morgan fingerprint density at radius 2 is 1.86 bits per heavy atom. The van der Waals surface area contributed by atoms with Crippen molar-refractivity contribution in [1.82, 2.24) is 15.5 Å². The van der Waals surface area contributed by atoms with Crippen LogP contribution in [0.2, 0.25) is 0 Å². The maximum absolute atomic E-state index is 13.0. The molecule has 2 amide bonds. The first-order chi connectivity index (χ1) is 16.4. The van der Waals surface area contributed by atoms with Crippen molar-refractivity contribution in [3.63, 3.8) is 0 Å². The maximum atomic E-state index is 13.0. The average Bonchev–Trinajstić information content (AvgIpc) is 2.95. The Bertz CT molecular complexity index is 824. The van der Waals surface area contributed by atoms with Gasteiger partial charge in [0.15, 0.2) is 0 Å². The number of nitrogens with zero attached hydrogens (tertiary/aromatic N) is 1. The van der Waals surface area contributed by atoms with Crippen molar-refractivity contribution in [1.29, 1.82) is 0 Å². The molecule has 1 aromatic rings. The topological polar surface area (TPSA) is 117 Å². The first kappa shape index (κ1) is 28.6. The van der Waals surface area contributed by atoms with Gasteiger partial charge in [-0.25, -0.2) is 4.79 Å². The molecule has 1 aromatic carbocycles. The molecule has 1 aliphatic rings. The van der Waals surface area contributed by atoms with Gasteiger partial charge < -0.3 is 24.8 Å². The van der Waals surface area contributed by atoms with E-state index in [9.17, 15) is 19.5 Å². The summed E-state index contributed by atoms with van der Waals surface area (Å²) in [5.74, 6) is -0.504. The lowest BCUT2D eigenvalue weighted by molar-refractivity contribution is -0.153. The number of carbonyl (C=O) groups is 3. The number of hydrogen-bond acceptors (Lipinski definition) is 7. The standard InChI is InChI=1S/C26H41N3O6/c1-18(2)14-21(27-15-23(31)35-26(3,4)5)24(32)28-20-12-9-13-29(16-22(20)30)25(33)34-17-19-10-7-6-8-11-19/h6-8,10-11,18,20-22,27,30H,9,12-17H2,1-5H3,(H,28,32)/t20?,21-,22?/m0/s1. The van der Waals surface area contributed by atoms with Crippen LogP contribution in [-0.4, -0.2) is 71.4 Å². The third kappa shape index (κ3) is 10.7. The summed E-state index contributed by atoms with van der Waals surface area (Å²) in [6, 6.07) is 8.28. The number of ether oxygens (including phenoxy) is 2. The second-order valence-corrected chi connectivity index (χ2v) is 10.5. The predicted octanol–water partition coefficient (Wildman–Crippen LogP) is 2.61. The largest absolute Gasteiger partial charge is 0.459 e. The van der Waals surface area contributed by atoms with E-state index >= 15 is 0 Å². The number of aliphatic hydroxyl groups is 1. The average molecular weight is 492 g/mol. The number of amides is 2. The predicted molar refractivity (Wildman–Crippen MR) is 132 cm³/mol. The first-order valence-electron chi connectivity index (χ1n) is 12.3. The van der Waals surface area contributed by atoms with Crippen molar-refractivity contribution in [3.8, 4) is 0 Å². The van der Waals surface area contributed by atoms with Crippen molar-refractivity contribution >= 4 is 18.0 Å². The Balaban J connectivity index is 1.90. The molecule has 196 valence electrons. The van der Waals surface area contributed by atoms with Gasteiger partial charge in [-0.1, -0.05) is 44.2 Å². The fourth-order valence-corrected chi connectivity index (χ4v) is 3.91. The third-order valence-corrected chi connectivity index (χ3v) is 5.54. The minimum Gasteiger partial charge on any atom is -0.459 e. The summed E-state index contributed by atoms with van der Waals surface area (Å²) in [4.78, 5) is 39.1. The van der Waals surface area contributed by atoms with E-state index in [0.717, 1.165) is 5.56 Å². The molecule has 0 spiro atoms. The van der Waals surface area contributed by atoms with Crippen LogP contribution in [0.25, 0.3) is 0 Å².